The van der Waals surface area contributed by atoms with Gasteiger partial charge in [-0.2, -0.15) is 0 Å². The Morgan fingerprint density at radius 2 is 2.25 bits per heavy atom. The molecule has 7 heteroatoms. The number of anilines is 1. The second kappa shape index (κ2) is 7.11. The molecule has 0 unspecified atom stereocenters. The summed E-state index contributed by atoms with van der Waals surface area (Å²) in [5, 5.41) is 12.2. The first kappa shape index (κ1) is 16.6. The molecule has 0 amide bonds. The van der Waals surface area contributed by atoms with Gasteiger partial charge in [-0.15, -0.1) is 0 Å². The lowest BCUT2D eigenvalue weighted by Gasteiger charge is -2.19. The van der Waals surface area contributed by atoms with Gasteiger partial charge in [-0.3, -0.25) is 15.1 Å². The van der Waals surface area contributed by atoms with E-state index in [4.69, 9.17) is 4.74 Å². The average molecular weight is 330 g/mol. The standard InChI is InChI=1S/C17H22N4O3/c1-19(2)10-11-24-13-7-9-20(12-13)16-6-5-15-14(4-3-8-18-15)17(16)21(22)23/h3-6,8,13H,7,9-12H2,1-2H3/t13-/m0/s1. The Bertz CT molecular complexity index is 735. The van der Waals surface area contributed by atoms with Gasteiger partial charge in [0.25, 0.3) is 0 Å². The average Bonchev–Trinajstić information content (AvgIpc) is 3.02. The van der Waals surface area contributed by atoms with Crippen LogP contribution in [-0.2, 0) is 4.74 Å². The monoisotopic (exact) mass is 330 g/mol. The molecule has 0 N–H and O–H groups in total. The zero-order chi connectivity index (χ0) is 17.1. The topological polar surface area (TPSA) is 71.7 Å². The summed E-state index contributed by atoms with van der Waals surface area (Å²) < 4.78 is 5.89. The van der Waals surface area contributed by atoms with Crippen molar-refractivity contribution in [1.82, 2.24) is 9.88 Å². The van der Waals surface area contributed by atoms with Gasteiger partial charge in [0.05, 0.1) is 28.5 Å². The van der Waals surface area contributed by atoms with Crippen molar-refractivity contribution in [2.75, 3.05) is 45.2 Å². The molecule has 2 aromatic rings. The molecular formula is C17H22N4O3. The van der Waals surface area contributed by atoms with E-state index in [0.717, 1.165) is 19.5 Å². The van der Waals surface area contributed by atoms with E-state index in [0.29, 0.717) is 29.7 Å². The fourth-order valence-corrected chi connectivity index (χ4v) is 3.06. The second-order valence-electron chi connectivity index (χ2n) is 6.29. The van der Waals surface area contributed by atoms with Crippen LogP contribution >= 0.6 is 0 Å². The number of nitrogens with zero attached hydrogens (tertiary/aromatic N) is 4. The fraction of sp³-hybridized carbons (Fsp3) is 0.471. The van der Waals surface area contributed by atoms with E-state index in [1.54, 1.807) is 24.4 Å². The molecule has 0 saturated carbocycles. The van der Waals surface area contributed by atoms with Crippen LogP contribution in [0.5, 0.6) is 0 Å². The fourth-order valence-electron chi connectivity index (χ4n) is 3.06. The quantitative estimate of drug-likeness (QED) is 0.598. The third-order valence-electron chi connectivity index (χ3n) is 4.30. The summed E-state index contributed by atoms with van der Waals surface area (Å²) in [5.74, 6) is 0. The van der Waals surface area contributed by atoms with Crippen molar-refractivity contribution in [2.45, 2.75) is 12.5 Å². The molecule has 0 spiro atoms. The molecule has 1 aliphatic rings. The molecule has 0 aliphatic carbocycles. The van der Waals surface area contributed by atoms with Crippen molar-refractivity contribution in [3.05, 3.63) is 40.6 Å². The van der Waals surface area contributed by atoms with Crippen molar-refractivity contribution in [3.63, 3.8) is 0 Å². The Hall–Kier alpha value is -2.25. The number of likely N-dealkylation sites (N-methyl/N-ethyl adjacent to an activating group) is 1. The minimum atomic E-state index is -0.306. The number of hydrogen-bond donors (Lipinski definition) is 0. The van der Waals surface area contributed by atoms with Crippen LogP contribution in [0.1, 0.15) is 6.42 Å². The molecule has 1 fully saturated rings. The summed E-state index contributed by atoms with van der Waals surface area (Å²) in [6.07, 6.45) is 2.65. The zero-order valence-electron chi connectivity index (χ0n) is 14.0. The highest BCUT2D eigenvalue weighted by atomic mass is 16.6. The lowest BCUT2D eigenvalue weighted by Crippen LogP contribution is -2.26. The van der Waals surface area contributed by atoms with Crippen LogP contribution in [0.15, 0.2) is 30.5 Å². The van der Waals surface area contributed by atoms with Gasteiger partial charge in [0.2, 0.25) is 0 Å². The molecule has 3 rings (SSSR count). The summed E-state index contributed by atoms with van der Waals surface area (Å²) in [7, 11) is 4.02. The van der Waals surface area contributed by atoms with Gasteiger partial charge in [0.1, 0.15) is 5.69 Å². The Labute approximate surface area is 141 Å². The number of aromatic nitrogens is 1. The molecule has 0 radical (unpaired) electrons. The Balaban J connectivity index is 1.80. The Morgan fingerprint density at radius 3 is 3.00 bits per heavy atom. The Kier molecular flexibility index (Phi) is 4.92. The van der Waals surface area contributed by atoms with E-state index in [9.17, 15) is 10.1 Å². The zero-order valence-corrected chi connectivity index (χ0v) is 14.0. The second-order valence-corrected chi connectivity index (χ2v) is 6.29. The number of nitro benzene ring substituents is 1. The SMILES string of the molecule is CN(C)CCO[C@H]1CCN(c2ccc3ncccc3c2[N+](=O)[O-])C1. The van der Waals surface area contributed by atoms with Crippen molar-refractivity contribution in [2.24, 2.45) is 0 Å². The minimum absolute atomic E-state index is 0.120. The maximum absolute atomic E-state index is 11.6. The number of ether oxygens (including phenoxy) is 1. The molecular weight excluding hydrogens is 308 g/mol. The third kappa shape index (κ3) is 3.47. The van der Waals surface area contributed by atoms with Crippen LogP contribution in [0.4, 0.5) is 11.4 Å². The van der Waals surface area contributed by atoms with Gasteiger partial charge in [-0.25, -0.2) is 0 Å². The van der Waals surface area contributed by atoms with Crippen molar-refractivity contribution >= 4 is 22.3 Å². The van der Waals surface area contributed by atoms with Crippen LogP contribution < -0.4 is 4.90 Å². The van der Waals surface area contributed by atoms with E-state index in [2.05, 4.69) is 9.88 Å². The number of fused-ring (bicyclic) bond motifs is 1. The summed E-state index contributed by atoms with van der Waals surface area (Å²) >= 11 is 0. The molecule has 1 aliphatic heterocycles. The van der Waals surface area contributed by atoms with E-state index in [1.165, 1.54) is 0 Å². The van der Waals surface area contributed by atoms with Crippen molar-refractivity contribution in [1.29, 1.82) is 0 Å². The number of hydrogen-bond acceptors (Lipinski definition) is 6. The summed E-state index contributed by atoms with van der Waals surface area (Å²) in [5.41, 5.74) is 1.43. The molecule has 2 heterocycles. The van der Waals surface area contributed by atoms with Gasteiger partial charge in [0.15, 0.2) is 0 Å². The van der Waals surface area contributed by atoms with Crippen molar-refractivity contribution in [3.8, 4) is 0 Å². The van der Waals surface area contributed by atoms with E-state index in [1.807, 2.05) is 25.1 Å². The third-order valence-corrected chi connectivity index (χ3v) is 4.30. The van der Waals surface area contributed by atoms with Crippen LogP contribution in [0, 0.1) is 10.1 Å². The molecule has 1 saturated heterocycles. The first-order valence-corrected chi connectivity index (χ1v) is 8.09. The first-order chi connectivity index (χ1) is 11.6. The number of pyridine rings is 1. The summed E-state index contributed by atoms with van der Waals surface area (Å²) in [6, 6.07) is 7.13. The summed E-state index contributed by atoms with van der Waals surface area (Å²) in [4.78, 5) is 19.7. The number of benzene rings is 1. The van der Waals surface area contributed by atoms with Gasteiger partial charge in [-0.1, -0.05) is 0 Å². The molecule has 7 nitrogen and oxygen atoms in total. The predicted octanol–water partition coefficient (Wildman–Crippen LogP) is 2.30. The molecule has 1 aromatic heterocycles. The first-order valence-electron chi connectivity index (χ1n) is 8.09. The van der Waals surface area contributed by atoms with Gasteiger partial charge < -0.3 is 14.5 Å². The highest BCUT2D eigenvalue weighted by Gasteiger charge is 2.29. The number of nitro groups is 1. The van der Waals surface area contributed by atoms with E-state index in [-0.39, 0.29) is 16.7 Å². The highest BCUT2D eigenvalue weighted by Crippen LogP contribution is 2.36. The van der Waals surface area contributed by atoms with Crippen molar-refractivity contribution < 1.29 is 9.66 Å². The predicted molar refractivity (Wildman–Crippen MR) is 93.5 cm³/mol. The van der Waals surface area contributed by atoms with Crippen LogP contribution in [0.2, 0.25) is 0 Å². The summed E-state index contributed by atoms with van der Waals surface area (Å²) in [6.45, 7) is 2.99. The van der Waals surface area contributed by atoms with Crippen LogP contribution in [0.3, 0.4) is 0 Å². The van der Waals surface area contributed by atoms with Gasteiger partial charge in [0, 0.05) is 25.8 Å². The van der Waals surface area contributed by atoms with E-state index < -0.39 is 0 Å². The highest BCUT2D eigenvalue weighted by molar-refractivity contribution is 5.94. The molecule has 128 valence electrons. The number of rotatable bonds is 6. The van der Waals surface area contributed by atoms with Gasteiger partial charge in [-0.05, 0) is 44.8 Å². The maximum atomic E-state index is 11.6. The maximum Gasteiger partial charge on any atom is 0.301 e. The van der Waals surface area contributed by atoms with Crippen LogP contribution in [0.25, 0.3) is 10.9 Å². The van der Waals surface area contributed by atoms with Gasteiger partial charge >= 0.3 is 5.69 Å². The minimum Gasteiger partial charge on any atom is -0.375 e. The largest absolute Gasteiger partial charge is 0.375 e. The Morgan fingerprint density at radius 1 is 1.42 bits per heavy atom. The van der Waals surface area contributed by atoms with E-state index >= 15 is 0 Å². The lowest BCUT2D eigenvalue weighted by molar-refractivity contribution is -0.382. The van der Waals surface area contributed by atoms with Crippen LogP contribution in [-0.4, -0.2) is 61.2 Å². The lowest BCUT2D eigenvalue weighted by atomic mass is 10.1. The molecule has 0 bridgehead atoms. The molecule has 24 heavy (non-hydrogen) atoms. The molecule has 1 atom stereocenters. The smallest absolute Gasteiger partial charge is 0.301 e. The molecule has 1 aromatic carbocycles. The normalized spacial score (nSPS) is 17.8.